The summed E-state index contributed by atoms with van der Waals surface area (Å²) < 4.78 is 0. The molecule has 0 atom stereocenters. The highest BCUT2D eigenvalue weighted by Gasteiger charge is 2.27. The van der Waals surface area contributed by atoms with Gasteiger partial charge in [-0.1, -0.05) is 37.6 Å². The van der Waals surface area contributed by atoms with Crippen molar-refractivity contribution in [3.8, 4) is 0 Å². The molecule has 102 valence electrons. The Morgan fingerprint density at radius 2 is 1.89 bits per heavy atom. The molecule has 0 aliphatic heterocycles. The monoisotopic (exact) mass is 290 g/mol. The highest BCUT2D eigenvalue weighted by Crippen LogP contribution is 2.18. The normalized spacial score (nSPS) is 10.7. The van der Waals surface area contributed by atoms with Crippen molar-refractivity contribution >= 4 is 29.9 Å². The summed E-state index contributed by atoms with van der Waals surface area (Å²) in [5.41, 5.74) is 5.90. The molecule has 18 heavy (non-hydrogen) atoms. The molecule has 0 saturated carbocycles. The number of rotatable bonds is 5. The highest BCUT2D eigenvalue weighted by atomic mass is 35.5. The van der Waals surface area contributed by atoms with Crippen LogP contribution >= 0.6 is 24.0 Å². The third kappa shape index (κ3) is 3.87. The first-order chi connectivity index (χ1) is 8.08. The lowest BCUT2D eigenvalue weighted by molar-refractivity contribution is 0.0895. The maximum atomic E-state index is 12.1. The van der Waals surface area contributed by atoms with Gasteiger partial charge >= 0.3 is 0 Å². The van der Waals surface area contributed by atoms with E-state index < -0.39 is 0 Å². The van der Waals surface area contributed by atoms with Gasteiger partial charge in [0.2, 0.25) is 0 Å². The lowest BCUT2D eigenvalue weighted by atomic mass is 9.92. The minimum absolute atomic E-state index is 0. The number of carbonyl (C=O) groups is 1. The van der Waals surface area contributed by atoms with Crippen molar-refractivity contribution in [2.24, 2.45) is 5.73 Å². The topological polar surface area (TPSA) is 55.1 Å². The maximum absolute atomic E-state index is 12.1. The van der Waals surface area contributed by atoms with Crippen molar-refractivity contribution in [1.29, 1.82) is 0 Å². The van der Waals surface area contributed by atoms with Crippen LogP contribution in [0.4, 0.5) is 0 Å². The first-order valence-corrected chi connectivity index (χ1v) is 6.23. The molecular formula is C13H20Cl2N2O. The summed E-state index contributed by atoms with van der Waals surface area (Å²) in [5, 5.41) is 3.45. The van der Waals surface area contributed by atoms with Crippen molar-refractivity contribution < 1.29 is 4.79 Å². The van der Waals surface area contributed by atoms with E-state index in [4.69, 9.17) is 17.3 Å². The molecule has 1 amide bonds. The molecule has 0 fully saturated rings. The zero-order chi connectivity index (χ0) is 12.9. The van der Waals surface area contributed by atoms with Crippen molar-refractivity contribution in [1.82, 2.24) is 5.32 Å². The molecule has 1 aromatic rings. The smallest absolute Gasteiger partial charge is 0.253 e. The van der Waals surface area contributed by atoms with Gasteiger partial charge < -0.3 is 11.1 Å². The fourth-order valence-electron chi connectivity index (χ4n) is 1.72. The number of nitrogens with one attached hydrogen (secondary N) is 1. The number of nitrogens with two attached hydrogens (primary N) is 1. The molecule has 0 unspecified atom stereocenters. The van der Waals surface area contributed by atoms with Crippen molar-refractivity contribution in [2.45, 2.75) is 32.2 Å². The molecule has 0 bridgehead atoms. The van der Waals surface area contributed by atoms with Gasteiger partial charge in [0.25, 0.3) is 5.91 Å². The molecule has 0 heterocycles. The third-order valence-electron chi connectivity index (χ3n) is 3.24. The van der Waals surface area contributed by atoms with Crippen LogP contribution in [0, 0.1) is 0 Å². The van der Waals surface area contributed by atoms with Crippen LogP contribution in [0.2, 0.25) is 5.02 Å². The van der Waals surface area contributed by atoms with Crippen molar-refractivity contribution in [3.63, 3.8) is 0 Å². The standard InChI is InChI=1S/C13H19ClN2O.ClH/c1-3-13(4-2,9-15)16-12(17)10-7-5-6-8-11(10)14;/h5-8H,3-4,9,15H2,1-2H3,(H,16,17);1H. The molecule has 0 aliphatic carbocycles. The highest BCUT2D eigenvalue weighted by molar-refractivity contribution is 6.33. The first kappa shape index (κ1) is 17.2. The summed E-state index contributed by atoms with van der Waals surface area (Å²) in [6.07, 6.45) is 1.60. The van der Waals surface area contributed by atoms with E-state index in [1.165, 1.54) is 0 Å². The predicted molar refractivity (Wildman–Crippen MR) is 78.5 cm³/mol. The van der Waals surface area contributed by atoms with E-state index in [9.17, 15) is 4.79 Å². The van der Waals surface area contributed by atoms with Crippen molar-refractivity contribution in [3.05, 3.63) is 34.9 Å². The minimum Gasteiger partial charge on any atom is -0.345 e. The largest absolute Gasteiger partial charge is 0.345 e. The Morgan fingerprint density at radius 1 is 1.33 bits per heavy atom. The fraction of sp³-hybridized carbons (Fsp3) is 0.462. The van der Waals surface area contributed by atoms with Crippen LogP contribution in [-0.4, -0.2) is 18.0 Å². The third-order valence-corrected chi connectivity index (χ3v) is 3.57. The SMILES string of the molecule is CCC(CC)(CN)NC(=O)c1ccccc1Cl.Cl. The summed E-state index contributed by atoms with van der Waals surface area (Å²) in [5.74, 6) is -0.162. The number of benzene rings is 1. The zero-order valence-electron chi connectivity index (χ0n) is 10.7. The van der Waals surface area contributed by atoms with Crippen LogP contribution < -0.4 is 11.1 Å². The fourth-order valence-corrected chi connectivity index (χ4v) is 1.94. The second kappa shape index (κ2) is 7.62. The van der Waals surface area contributed by atoms with Gasteiger partial charge in [0.05, 0.1) is 16.1 Å². The number of halogens is 2. The van der Waals surface area contributed by atoms with Crippen molar-refractivity contribution in [2.75, 3.05) is 6.54 Å². The number of hydrogen-bond donors (Lipinski definition) is 2. The lowest BCUT2D eigenvalue weighted by Crippen LogP contribution is -2.52. The molecule has 5 heteroatoms. The Morgan fingerprint density at radius 3 is 2.33 bits per heavy atom. The van der Waals surface area contributed by atoms with Gasteiger partial charge in [0.15, 0.2) is 0 Å². The molecule has 1 aromatic carbocycles. The molecule has 0 saturated heterocycles. The van der Waals surface area contributed by atoms with Crippen LogP contribution in [0.15, 0.2) is 24.3 Å². The second-order valence-electron chi connectivity index (χ2n) is 4.13. The molecule has 0 aromatic heterocycles. The average Bonchev–Trinajstić information content (AvgIpc) is 2.36. The zero-order valence-corrected chi connectivity index (χ0v) is 12.3. The maximum Gasteiger partial charge on any atom is 0.253 e. The Hall–Kier alpha value is -0.770. The summed E-state index contributed by atoms with van der Waals surface area (Å²) in [6, 6.07) is 7.01. The Kier molecular flexibility index (Phi) is 7.29. The number of hydrogen-bond acceptors (Lipinski definition) is 2. The molecule has 0 radical (unpaired) electrons. The second-order valence-corrected chi connectivity index (χ2v) is 4.53. The van der Waals surface area contributed by atoms with E-state index in [1.807, 2.05) is 13.8 Å². The molecule has 0 spiro atoms. The van der Waals surface area contributed by atoms with Crippen LogP contribution in [0.1, 0.15) is 37.0 Å². The molecule has 3 nitrogen and oxygen atoms in total. The van der Waals surface area contributed by atoms with E-state index in [0.717, 1.165) is 12.8 Å². The Balaban J connectivity index is 0.00000289. The van der Waals surface area contributed by atoms with Gasteiger partial charge in [-0.05, 0) is 25.0 Å². The van der Waals surface area contributed by atoms with Gasteiger partial charge in [0, 0.05) is 6.54 Å². The quantitative estimate of drug-likeness (QED) is 0.876. The van der Waals surface area contributed by atoms with E-state index >= 15 is 0 Å². The van der Waals surface area contributed by atoms with Gasteiger partial charge in [0.1, 0.15) is 0 Å². The molecule has 0 aliphatic rings. The Labute approximate surface area is 119 Å². The van der Waals surface area contributed by atoms with Crippen LogP contribution in [-0.2, 0) is 0 Å². The predicted octanol–water partition coefficient (Wildman–Crippen LogP) is 3.01. The Bertz CT molecular complexity index is 384. The molecular weight excluding hydrogens is 271 g/mol. The molecule has 1 rings (SSSR count). The van der Waals surface area contributed by atoms with E-state index in [1.54, 1.807) is 24.3 Å². The summed E-state index contributed by atoms with van der Waals surface area (Å²) in [6.45, 7) is 4.46. The summed E-state index contributed by atoms with van der Waals surface area (Å²) in [7, 11) is 0. The summed E-state index contributed by atoms with van der Waals surface area (Å²) >= 11 is 5.99. The van der Waals surface area contributed by atoms with E-state index in [2.05, 4.69) is 5.32 Å². The average molecular weight is 291 g/mol. The minimum atomic E-state index is -0.337. The van der Waals surface area contributed by atoms with Crippen LogP contribution in [0.5, 0.6) is 0 Å². The van der Waals surface area contributed by atoms with E-state index in [-0.39, 0.29) is 23.9 Å². The summed E-state index contributed by atoms with van der Waals surface area (Å²) in [4.78, 5) is 12.1. The first-order valence-electron chi connectivity index (χ1n) is 5.85. The van der Waals surface area contributed by atoms with Gasteiger partial charge in [-0.2, -0.15) is 0 Å². The molecule has 3 N–H and O–H groups in total. The number of carbonyl (C=O) groups excluding carboxylic acids is 1. The number of amides is 1. The van der Waals surface area contributed by atoms with Gasteiger partial charge in [-0.25, -0.2) is 0 Å². The van der Waals surface area contributed by atoms with Crippen LogP contribution in [0.25, 0.3) is 0 Å². The van der Waals surface area contributed by atoms with Gasteiger partial charge in [-0.15, -0.1) is 12.4 Å². The lowest BCUT2D eigenvalue weighted by Gasteiger charge is -2.31. The van der Waals surface area contributed by atoms with Crippen LogP contribution in [0.3, 0.4) is 0 Å². The van der Waals surface area contributed by atoms with Gasteiger partial charge in [-0.3, -0.25) is 4.79 Å². The van der Waals surface area contributed by atoms with E-state index in [0.29, 0.717) is 17.1 Å².